The Morgan fingerprint density at radius 3 is 2.16 bits per heavy atom. The molecule has 0 aromatic rings. The average molecular weight is 273 g/mol. The first-order chi connectivity index (χ1) is 9.02. The van der Waals surface area contributed by atoms with Gasteiger partial charge in [0.1, 0.15) is 0 Å². The zero-order valence-electron chi connectivity index (χ0n) is 13.0. The van der Waals surface area contributed by atoms with E-state index < -0.39 is 0 Å². The molecule has 0 aromatic heterocycles. The highest BCUT2D eigenvalue weighted by Gasteiger charge is 2.03. The predicted octanol–water partition coefficient (Wildman–Crippen LogP) is 2.62. The number of unbranched alkanes of at least 4 members (excludes halogenated alkanes) is 1. The van der Waals surface area contributed by atoms with Crippen LogP contribution in [0.3, 0.4) is 0 Å². The summed E-state index contributed by atoms with van der Waals surface area (Å²) in [5.74, 6) is 1.12. The summed E-state index contributed by atoms with van der Waals surface area (Å²) in [7, 11) is 0. The minimum absolute atomic E-state index is 0.112. The van der Waals surface area contributed by atoms with E-state index in [1.54, 1.807) is 0 Å². The second-order valence-corrected chi connectivity index (χ2v) is 5.74. The number of hydrogen-bond acceptors (Lipinski definition) is 3. The minimum atomic E-state index is 0.112. The van der Waals surface area contributed by atoms with Gasteiger partial charge in [-0.05, 0) is 24.7 Å². The van der Waals surface area contributed by atoms with Crippen molar-refractivity contribution in [3.05, 3.63) is 0 Å². The molecule has 0 rings (SSSR count). The molecular weight excluding hydrogens is 242 g/mol. The van der Waals surface area contributed by atoms with Crippen LogP contribution in [0.15, 0.2) is 0 Å². The largest absolute Gasteiger partial charge is 0.381 e. The maximum absolute atomic E-state index is 11.3. The summed E-state index contributed by atoms with van der Waals surface area (Å²) < 4.78 is 10.9. The van der Waals surface area contributed by atoms with Crippen LogP contribution in [0, 0.1) is 11.8 Å². The fourth-order valence-electron chi connectivity index (χ4n) is 1.53. The van der Waals surface area contributed by atoms with Crippen molar-refractivity contribution in [2.75, 3.05) is 33.0 Å². The van der Waals surface area contributed by atoms with Gasteiger partial charge in [0.05, 0.1) is 6.61 Å². The van der Waals surface area contributed by atoms with Crippen molar-refractivity contribution >= 4 is 5.91 Å². The molecule has 4 heteroatoms. The molecule has 0 aliphatic heterocycles. The Labute approximate surface area is 118 Å². The molecule has 0 saturated heterocycles. The van der Waals surface area contributed by atoms with Crippen LogP contribution < -0.4 is 5.32 Å². The molecule has 1 N–H and O–H groups in total. The van der Waals surface area contributed by atoms with E-state index in [2.05, 4.69) is 19.2 Å². The van der Waals surface area contributed by atoms with Crippen molar-refractivity contribution in [1.29, 1.82) is 0 Å². The van der Waals surface area contributed by atoms with Gasteiger partial charge in [0, 0.05) is 32.8 Å². The van der Waals surface area contributed by atoms with Crippen LogP contribution in [0.4, 0.5) is 0 Å². The number of carbonyl (C=O) groups excluding carboxylic acids is 1. The van der Waals surface area contributed by atoms with Crippen molar-refractivity contribution < 1.29 is 14.3 Å². The topological polar surface area (TPSA) is 47.6 Å². The second kappa shape index (κ2) is 12.4. The first-order valence-electron chi connectivity index (χ1n) is 7.44. The fraction of sp³-hybridized carbons (Fsp3) is 0.933. The zero-order chi connectivity index (χ0) is 14.5. The quantitative estimate of drug-likeness (QED) is 0.556. The van der Waals surface area contributed by atoms with Crippen molar-refractivity contribution in [3.8, 4) is 0 Å². The van der Waals surface area contributed by atoms with E-state index in [1.807, 2.05) is 13.8 Å². The smallest absolute Gasteiger partial charge is 0.220 e. The Kier molecular flexibility index (Phi) is 12.0. The van der Waals surface area contributed by atoms with Crippen LogP contribution in [-0.2, 0) is 14.3 Å². The number of rotatable bonds is 12. The van der Waals surface area contributed by atoms with E-state index >= 15 is 0 Å². The van der Waals surface area contributed by atoms with E-state index in [0.717, 1.165) is 32.7 Å². The van der Waals surface area contributed by atoms with Gasteiger partial charge in [0.25, 0.3) is 0 Å². The highest BCUT2D eigenvalue weighted by atomic mass is 16.5. The minimum Gasteiger partial charge on any atom is -0.381 e. The van der Waals surface area contributed by atoms with Crippen LogP contribution in [0.25, 0.3) is 0 Å². The van der Waals surface area contributed by atoms with E-state index in [0.29, 0.717) is 31.4 Å². The maximum atomic E-state index is 11.3. The lowest BCUT2D eigenvalue weighted by atomic mass is 10.1. The number of carbonyl (C=O) groups is 1. The zero-order valence-corrected chi connectivity index (χ0v) is 13.0. The van der Waals surface area contributed by atoms with Gasteiger partial charge in [-0.15, -0.1) is 0 Å². The molecule has 0 aromatic carbocycles. The summed E-state index contributed by atoms with van der Waals surface area (Å²) in [6.45, 7) is 12.0. The Morgan fingerprint density at radius 1 is 0.947 bits per heavy atom. The summed E-state index contributed by atoms with van der Waals surface area (Å²) in [5.41, 5.74) is 0. The molecule has 4 nitrogen and oxygen atoms in total. The average Bonchev–Trinajstić information content (AvgIpc) is 2.30. The second-order valence-electron chi connectivity index (χ2n) is 5.74. The third-order valence-electron chi connectivity index (χ3n) is 2.44. The Balaban J connectivity index is 3.13. The lowest BCUT2D eigenvalue weighted by molar-refractivity contribution is -0.122. The predicted molar refractivity (Wildman–Crippen MR) is 78.2 cm³/mol. The molecule has 0 saturated carbocycles. The van der Waals surface area contributed by atoms with E-state index in [-0.39, 0.29) is 5.91 Å². The molecule has 0 radical (unpaired) electrons. The Hall–Kier alpha value is -0.610. The first-order valence-corrected chi connectivity index (χ1v) is 7.44. The van der Waals surface area contributed by atoms with E-state index in [9.17, 15) is 4.79 Å². The molecule has 114 valence electrons. The molecule has 0 atom stereocenters. The molecule has 0 unspecified atom stereocenters. The number of ether oxygens (including phenoxy) is 2. The molecule has 1 amide bonds. The van der Waals surface area contributed by atoms with Crippen molar-refractivity contribution in [2.45, 2.75) is 47.0 Å². The normalized spacial score (nSPS) is 11.3. The molecule has 0 aliphatic rings. The summed E-state index contributed by atoms with van der Waals surface area (Å²) in [5, 5.41) is 2.85. The molecule has 0 spiro atoms. The van der Waals surface area contributed by atoms with Gasteiger partial charge in [-0.1, -0.05) is 27.7 Å². The number of hydrogen-bond donors (Lipinski definition) is 1. The monoisotopic (exact) mass is 273 g/mol. The van der Waals surface area contributed by atoms with E-state index in [1.165, 1.54) is 0 Å². The fourth-order valence-corrected chi connectivity index (χ4v) is 1.53. The molecule has 0 bridgehead atoms. The summed E-state index contributed by atoms with van der Waals surface area (Å²) in [6.07, 6.45) is 2.64. The van der Waals surface area contributed by atoms with Crippen molar-refractivity contribution in [1.82, 2.24) is 5.32 Å². The third-order valence-corrected chi connectivity index (χ3v) is 2.44. The van der Waals surface area contributed by atoms with Crippen LogP contribution in [0.1, 0.15) is 47.0 Å². The van der Waals surface area contributed by atoms with E-state index in [4.69, 9.17) is 9.47 Å². The SMILES string of the molecule is CC(C)COCCCCOCCNC(=O)CC(C)C. The van der Waals surface area contributed by atoms with Gasteiger partial charge < -0.3 is 14.8 Å². The highest BCUT2D eigenvalue weighted by molar-refractivity contribution is 5.75. The van der Waals surface area contributed by atoms with Crippen LogP contribution in [-0.4, -0.2) is 38.9 Å². The summed E-state index contributed by atoms with van der Waals surface area (Å²) in [4.78, 5) is 11.3. The van der Waals surface area contributed by atoms with Gasteiger partial charge in [-0.2, -0.15) is 0 Å². The van der Waals surface area contributed by atoms with Crippen LogP contribution in [0.2, 0.25) is 0 Å². The number of nitrogens with one attached hydrogen (secondary N) is 1. The molecule has 19 heavy (non-hydrogen) atoms. The van der Waals surface area contributed by atoms with Gasteiger partial charge >= 0.3 is 0 Å². The van der Waals surface area contributed by atoms with Gasteiger partial charge in [0.2, 0.25) is 5.91 Å². The number of amides is 1. The van der Waals surface area contributed by atoms with Crippen molar-refractivity contribution in [2.24, 2.45) is 11.8 Å². The Bertz CT molecular complexity index is 217. The van der Waals surface area contributed by atoms with Crippen LogP contribution >= 0.6 is 0 Å². The molecule has 0 heterocycles. The van der Waals surface area contributed by atoms with Crippen molar-refractivity contribution in [3.63, 3.8) is 0 Å². The molecule has 0 fully saturated rings. The lowest BCUT2D eigenvalue weighted by Crippen LogP contribution is -2.28. The molecular formula is C15H31NO3. The third kappa shape index (κ3) is 15.3. The van der Waals surface area contributed by atoms with Gasteiger partial charge in [0.15, 0.2) is 0 Å². The summed E-state index contributed by atoms with van der Waals surface area (Å²) in [6, 6.07) is 0. The van der Waals surface area contributed by atoms with Gasteiger partial charge in [-0.3, -0.25) is 4.79 Å². The summed E-state index contributed by atoms with van der Waals surface area (Å²) >= 11 is 0. The lowest BCUT2D eigenvalue weighted by Gasteiger charge is -2.08. The molecule has 0 aliphatic carbocycles. The van der Waals surface area contributed by atoms with Gasteiger partial charge in [-0.25, -0.2) is 0 Å². The first kappa shape index (κ1) is 18.4. The van der Waals surface area contributed by atoms with Crippen LogP contribution in [0.5, 0.6) is 0 Å². The maximum Gasteiger partial charge on any atom is 0.220 e. The Morgan fingerprint density at radius 2 is 1.58 bits per heavy atom. The highest BCUT2D eigenvalue weighted by Crippen LogP contribution is 1.98. The standard InChI is InChI=1S/C15H31NO3/c1-13(2)11-15(17)16-7-10-18-8-5-6-9-19-12-14(3)4/h13-14H,5-12H2,1-4H3,(H,16,17).